The zero-order chi connectivity index (χ0) is 12.8. The number of unbranched alkanes of at least 4 members (excludes halogenated alkanes) is 2. The minimum absolute atomic E-state index is 0.0702. The molecular weight excluding hydrogens is 214 g/mol. The molecule has 0 heterocycles. The molecule has 0 radical (unpaired) electrons. The average Bonchev–Trinajstić information content (AvgIpc) is 2.30. The molecule has 0 aromatic carbocycles. The van der Waals surface area contributed by atoms with Gasteiger partial charge in [0.1, 0.15) is 5.78 Å². The molecule has 1 fully saturated rings. The molecule has 3 nitrogen and oxygen atoms in total. The van der Waals surface area contributed by atoms with Crippen molar-refractivity contribution in [2.75, 3.05) is 14.1 Å². The molecule has 1 aliphatic rings. The Kier molecular flexibility index (Phi) is 5.39. The second-order valence-electron chi connectivity index (χ2n) is 4.95. The maximum Gasteiger partial charge on any atom is 0.229 e. The van der Waals surface area contributed by atoms with Crippen molar-refractivity contribution < 1.29 is 9.59 Å². The number of amides is 1. The molecular formula is C14H23NO2. The van der Waals surface area contributed by atoms with Gasteiger partial charge in [0.2, 0.25) is 5.91 Å². The highest BCUT2D eigenvalue weighted by Crippen LogP contribution is 2.29. The fraction of sp³-hybridized carbons (Fsp3) is 0.714. The summed E-state index contributed by atoms with van der Waals surface area (Å²) >= 11 is 0. The molecule has 1 saturated carbocycles. The SMILES string of the molecule is CCCC/C=C1\CCC(=O)C[C@@H]1C(=O)N(C)C. The third-order valence-corrected chi connectivity index (χ3v) is 3.27. The molecule has 1 amide bonds. The molecule has 0 aliphatic heterocycles. The van der Waals surface area contributed by atoms with Crippen molar-refractivity contribution in [3.63, 3.8) is 0 Å². The molecule has 1 aliphatic carbocycles. The Morgan fingerprint density at radius 2 is 2.12 bits per heavy atom. The van der Waals surface area contributed by atoms with Crippen LogP contribution in [0.3, 0.4) is 0 Å². The predicted molar refractivity (Wildman–Crippen MR) is 68.7 cm³/mol. The van der Waals surface area contributed by atoms with E-state index >= 15 is 0 Å². The Balaban J connectivity index is 2.74. The molecule has 0 saturated heterocycles. The molecule has 3 heteroatoms. The van der Waals surface area contributed by atoms with Crippen LogP contribution in [0.25, 0.3) is 0 Å². The third-order valence-electron chi connectivity index (χ3n) is 3.27. The Labute approximate surface area is 104 Å². The smallest absolute Gasteiger partial charge is 0.229 e. The standard InChI is InChI=1S/C14H23NO2/c1-4-5-6-7-11-8-9-12(16)10-13(11)14(17)15(2)3/h7,13H,4-6,8-10H2,1-3H3/b11-7+/t13-/m0/s1. The molecule has 17 heavy (non-hydrogen) atoms. The number of Topliss-reactive ketones (excluding diaryl/α,β-unsaturated/α-hetero) is 1. The minimum Gasteiger partial charge on any atom is -0.348 e. The van der Waals surface area contributed by atoms with Crippen LogP contribution in [0.4, 0.5) is 0 Å². The van der Waals surface area contributed by atoms with Crippen LogP contribution in [0.15, 0.2) is 11.6 Å². The summed E-state index contributed by atoms with van der Waals surface area (Å²) in [5.74, 6) is 0.0988. The highest BCUT2D eigenvalue weighted by molar-refractivity contribution is 5.90. The van der Waals surface area contributed by atoms with E-state index in [1.165, 1.54) is 5.57 Å². The average molecular weight is 237 g/mol. The van der Waals surface area contributed by atoms with Gasteiger partial charge in [0.25, 0.3) is 0 Å². The van der Waals surface area contributed by atoms with Gasteiger partial charge < -0.3 is 4.90 Å². The first-order chi connectivity index (χ1) is 8.06. The van der Waals surface area contributed by atoms with E-state index in [9.17, 15) is 9.59 Å². The van der Waals surface area contributed by atoms with Gasteiger partial charge >= 0.3 is 0 Å². The van der Waals surface area contributed by atoms with Crippen LogP contribution < -0.4 is 0 Å². The summed E-state index contributed by atoms with van der Waals surface area (Å²) in [5.41, 5.74) is 1.18. The van der Waals surface area contributed by atoms with Crippen LogP contribution in [0.5, 0.6) is 0 Å². The molecule has 0 bridgehead atoms. The van der Waals surface area contributed by atoms with Crippen LogP contribution in [0.1, 0.15) is 45.4 Å². The van der Waals surface area contributed by atoms with E-state index in [0.717, 1.165) is 25.7 Å². The number of nitrogens with zero attached hydrogens (tertiary/aromatic N) is 1. The van der Waals surface area contributed by atoms with E-state index in [1.807, 2.05) is 0 Å². The topological polar surface area (TPSA) is 37.4 Å². The van der Waals surface area contributed by atoms with Gasteiger partial charge in [0.15, 0.2) is 0 Å². The molecule has 0 unspecified atom stereocenters. The monoisotopic (exact) mass is 237 g/mol. The van der Waals surface area contributed by atoms with Crippen LogP contribution >= 0.6 is 0 Å². The molecule has 1 rings (SSSR count). The van der Waals surface area contributed by atoms with Gasteiger partial charge in [-0.1, -0.05) is 31.4 Å². The van der Waals surface area contributed by atoms with E-state index < -0.39 is 0 Å². The predicted octanol–water partition coefficient (Wildman–Crippen LogP) is 2.56. The minimum atomic E-state index is -0.192. The van der Waals surface area contributed by atoms with Crippen LogP contribution in [0, 0.1) is 5.92 Å². The lowest BCUT2D eigenvalue weighted by Gasteiger charge is -2.26. The Morgan fingerprint density at radius 1 is 1.41 bits per heavy atom. The van der Waals surface area contributed by atoms with Crippen LogP contribution in [-0.2, 0) is 9.59 Å². The van der Waals surface area contributed by atoms with E-state index in [1.54, 1.807) is 19.0 Å². The van der Waals surface area contributed by atoms with E-state index in [2.05, 4.69) is 13.0 Å². The van der Waals surface area contributed by atoms with Crippen molar-refractivity contribution in [1.29, 1.82) is 0 Å². The van der Waals surface area contributed by atoms with Crippen molar-refractivity contribution in [2.24, 2.45) is 5.92 Å². The fourth-order valence-electron chi connectivity index (χ4n) is 2.21. The summed E-state index contributed by atoms with van der Waals surface area (Å²) in [5, 5.41) is 0. The first-order valence-corrected chi connectivity index (χ1v) is 6.48. The number of hydrogen-bond donors (Lipinski definition) is 0. The Bertz CT molecular complexity index is 318. The zero-order valence-corrected chi connectivity index (χ0v) is 11.2. The summed E-state index contributed by atoms with van der Waals surface area (Å²) < 4.78 is 0. The summed E-state index contributed by atoms with van der Waals surface area (Å²) in [7, 11) is 3.51. The van der Waals surface area contributed by atoms with E-state index in [0.29, 0.717) is 12.8 Å². The highest BCUT2D eigenvalue weighted by Gasteiger charge is 2.30. The first-order valence-electron chi connectivity index (χ1n) is 6.48. The van der Waals surface area contributed by atoms with E-state index in [4.69, 9.17) is 0 Å². The van der Waals surface area contributed by atoms with Crippen molar-refractivity contribution >= 4 is 11.7 Å². The quantitative estimate of drug-likeness (QED) is 0.556. The summed E-state index contributed by atoms with van der Waals surface area (Å²) in [6.07, 6.45) is 7.30. The van der Waals surface area contributed by atoms with Gasteiger partial charge in [-0.25, -0.2) is 0 Å². The van der Waals surface area contributed by atoms with Gasteiger partial charge in [-0.05, 0) is 12.8 Å². The molecule has 0 aromatic rings. The third kappa shape index (κ3) is 3.99. The van der Waals surface area contributed by atoms with Crippen LogP contribution in [-0.4, -0.2) is 30.7 Å². The van der Waals surface area contributed by atoms with Gasteiger partial charge in [0, 0.05) is 26.9 Å². The number of rotatable bonds is 4. The summed E-state index contributed by atoms with van der Waals surface area (Å²) in [6, 6.07) is 0. The normalized spacial score (nSPS) is 22.9. The van der Waals surface area contributed by atoms with Crippen molar-refractivity contribution in [3.05, 3.63) is 11.6 Å². The lowest BCUT2D eigenvalue weighted by atomic mass is 9.82. The molecule has 1 atom stereocenters. The highest BCUT2D eigenvalue weighted by atomic mass is 16.2. The summed E-state index contributed by atoms with van der Waals surface area (Å²) in [6.45, 7) is 2.16. The first kappa shape index (κ1) is 13.9. The second kappa shape index (κ2) is 6.58. The maximum absolute atomic E-state index is 12.0. The fourth-order valence-corrected chi connectivity index (χ4v) is 2.21. The largest absolute Gasteiger partial charge is 0.348 e. The van der Waals surface area contributed by atoms with Gasteiger partial charge in [0.05, 0.1) is 5.92 Å². The maximum atomic E-state index is 12.0. The van der Waals surface area contributed by atoms with E-state index in [-0.39, 0.29) is 17.6 Å². The zero-order valence-electron chi connectivity index (χ0n) is 11.2. The molecule has 96 valence electrons. The van der Waals surface area contributed by atoms with Crippen molar-refractivity contribution in [1.82, 2.24) is 4.90 Å². The Morgan fingerprint density at radius 3 is 2.71 bits per heavy atom. The van der Waals surface area contributed by atoms with Crippen molar-refractivity contribution in [2.45, 2.75) is 45.4 Å². The second-order valence-corrected chi connectivity index (χ2v) is 4.95. The number of ketones is 1. The van der Waals surface area contributed by atoms with Gasteiger partial charge in [-0.3, -0.25) is 9.59 Å². The lowest BCUT2D eigenvalue weighted by Crippen LogP contribution is -2.34. The molecule has 0 spiro atoms. The van der Waals surface area contributed by atoms with Crippen molar-refractivity contribution in [3.8, 4) is 0 Å². The van der Waals surface area contributed by atoms with Gasteiger partial charge in [-0.15, -0.1) is 0 Å². The molecule has 0 aromatic heterocycles. The number of hydrogen-bond acceptors (Lipinski definition) is 2. The number of allylic oxidation sites excluding steroid dienone is 1. The Hall–Kier alpha value is -1.12. The van der Waals surface area contributed by atoms with Crippen LogP contribution in [0.2, 0.25) is 0 Å². The summed E-state index contributed by atoms with van der Waals surface area (Å²) in [4.78, 5) is 25.1. The number of carbonyl (C=O) groups excluding carboxylic acids is 2. The number of carbonyl (C=O) groups is 2. The van der Waals surface area contributed by atoms with Gasteiger partial charge in [-0.2, -0.15) is 0 Å². The molecule has 0 N–H and O–H groups in total. The lowest BCUT2D eigenvalue weighted by molar-refractivity contribution is -0.135.